The van der Waals surface area contributed by atoms with Crippen molar-refractivity contribution in [3.05, 3.63) is 33.8 Å². The predicted molar refractivity (Wildman–Crippen MR) is 94.9 cm³/mol. The number of nitrogens with one attached hydrogen (secondary N) is 3. The second-order valence-corrected chi connectivity index (χ2v) is 7.79. The van der Waals surface area contributed by atoms with Gasteiger partial charge in [0.1, 0.15) is 6.04 Å². The smallest absolute Gasteiger partial charge is 0.242 e. The van der Waals surface area contributed by atoms with E-state index >= 15 is 0 Å². The number of hydrogen-bond acceptors (Lipinski definition) is 4. The van der Waals surface area contributed by atoms with E-state index in [0.29, 0.717) is 34.6 Å². The van der Waals surface area contributed by atoms with Crippen LogP contribution in [-0.2, 0) is 11.3 Å². The lowest BCUT2D eigenvalue weighted by Gasteiger charge is -2.31. The van der Waals surface area contributed by atoms with E-state index in [9.17, 15) is 4.79 Å². The van der Waals surface area contributed by atoms with Crippen molar-refractivity contribution in [2.45, 2.75) is 43.9 Å². The molecule has 0 bridgehead atoms. The first kappa shape index (κ1) is 16.6. The van der Waals surface area contributed by atoms with Gasteiger partial charge in [-0.1, -0.05) is 29.3 Å². The Bertz CT molecular complexity index is 637. The van der Waals surface area contributed by atoms with Crippen LogP contribution in [0.2, 0.25) is 10.0 Å². The summed E-state index contributed by atoms with van der Waals surface area (Å²) in [6, 6.07) is 6.17. The monoisotopic (exact) mass is 368 g/mol. The number of hydrogen-bond donors (Lipinski definition) is 3. The average molecular weight is 369 g/mol. The van der Waals surface area contributed by atoms with Crippen LogP contribution in [-0.4, -0.2) is 42.0 Å². The molecule has 0 aromatic heterocycles. The molecular formula is C17H22Cl2N4O. The molecule has 0 radical (unpaired) electrons. The Balaban J connectivity index is 1.50. The van der Waals surface area contributed by atoms with Gasteiger partial charge in [0, 0.05) is 31.1 Å². The summed E-state index contributed by atoms with van der Waals surface area (Å²) in [6.45, 7) is 2.47. The molecule has 5 nitrogen and oxygen atoms in total. The SMILES string of the molecule is O=C(C1NNC2CCNCC21)N(Cc1ccc(Cl)c(Cl)c1)C1CC1. The minimum Gasteiger partial charge on any atom is -0.334 e. The Kier molecular flexibility index (Phi) is 4.71. The van der Waals surface area contributed by atoms with Crippen LogP contribution >= 0.6 is 23.2 Å². The molecule has 130 valence electrons. The molecule has 2 saturated heterocycles. The minimum atomic E-state index is -0.161. The maximum Gasteiger partial charge on any atom is 0.242 e. The molecule has 3 unspecified atom stereocenters. The van der Waals surface area contributed by atoms with Crippen LogP contribution in [0, 0.1) is 5.92 Å². The van der Waals surface area contributed by atoms with Crippen molar-refractivity contribution < 1.29 is 4.79 Å². The molecule has 1 aromatic rings. The molecule has 3 fully saturated rings. The van der Waals surface area contributed by atoms with Gasteiger partial charge in [-0.2, -0.15) is 0 Å². The van der Waals surface area contributed by atoms with Gasteiger partial charge in [-0.25, -0.2) is 5.43 Å². The number of fused-ring (bicyclic) bond motifs is 1. The lowest BCUT2D eigenvalue weighted by Crippen LogP contribution is -2.51. The number of nitrogens with zero attached hydrogens (tertiary/aromatic N) is 1. The molecule has 3 atom stereocenters. The molecule has 1 aliphatic carbocycles. The number of piperidine rings is 1. The fourth-order valence-corrected chi connectivity index (χ4v) is 4.07. The summed E-state index contributed by atoms with van der Waals surface area (Å²) in [4.78, 5) is 15.2. The number of rotatable bonds is 4. The number of halogens is 2. The van der Waals surface area contributed by atoms with Crippen molar-refractivity contribution in [3.63, 3.8) is 0 Å². The summed E-state index contributed by atoms with van der Waals surface area (Å²) in [5.41, 5.74) is 7.57. The standard InChI is InChI=1S/C17H22Cl2N4O/c18-13-4-1-10(7-14(13)19)9-23(11-2-3-11)17(24)16-12-8-20-6-5-15(12)21-22-16/h1,4,7,11-12,15-16,20-22H,2-3,5-6,8-9H2. The molecule has 1 saturated carbocycles. The molecule has 2 aliphatic heterocycles. The lowest BCUT2D eigenvalue weighted by molar-refractivity contribution is -0.135. The highest BCUT2D eigenvalue weighted by atomic mass is 35.5. The highest BCUT2D eigenvalue weighted by molar-refractivity contribution is 6.42. The van der Waals surface area contributed by atoms with Crippen molar-refractivity contribution in [1.29, 1.82) is 0 Å². The summed E-state index contributed by atoms with van der Waals surface area (Å²) >= 11 is 12.1. The lowest BCUT2D eigenvalue weighted by atomic mass is 9.88. The van der Waals surface area contributed by atoms with Gasteiger partial charge in [0.15, 0.2) is 0 Å². The third-order valence-electron chi connectivity index (χ3n) is 5.26. The van der Waals surface area contributed by atoms with E-state index < -0.39 is 0 Å². The summed E-state index contributed by atoms with van der Waals surface area (Å²) in [7, 11) is 0. The number of hydrazine groups is 1. The maximum atomic E-state index is 13.2. The predicted octanol–water partition coefficient (Wildman–Crippen LogP) is 1.94. The Morgan fingerprint density at radius 3 is 2.75 bits per heavy atom. The second-order valence-electron chi connectivity index (χ2n) is 6.98. The van der Waals surface area contributed by atoms with Gasteiger partial charge in [-0.15, -0.1) is 0 Å². The Labute approximate surface area is 152 Å². The van der Waals surface area contributed by atoms with E-state index in [-0.39, 0.29) is 11.9 Å². The zero-order valence-corrected chi connectivity index (χ0v) is 14.9. The quantitative estimate of drug-likeness (QED) is 0.759. The fraction of sp³-hybridized carbons (Fsp3) is 0.588. The number of amides is 1. The van der Waals surface area contributed by atoms with Gasteiger partial charge in [0.2, 0.25) is 5.91 Å². The van der Waals surface area contributed by atoms with E-state index in [1.165, 1.54) is 0 Å². The zero-order valence-electron chi connectivity index (χ0n) is 13.4. The summed E-state index contributed by atoms with van der Waals surface area (Å²) in [6.07, 6.45) is 3.22. The van der Waals surface area contributed by atoms with Crippen molar-refractivity contribution in [2.24, 2.45) is 5.92 Å². The van der Waals surface area contributed by atoms with Crippen LogP contribution in [0.25, 0.3) is 0 Å². The van der Waals surface area contributed by atoms with E-state index in [1.807, 2.05) is 17.0 Å². The molecule has 3 aliphatic rings. The van der Waals surface area contributed by atoms with Crippen LogP contribution < -0.4 is 16.2 Å². The number of benzene rings is 1. The zero-order chi connectivity index (χ0) is 16.7. The molecule has 4 rings (SSSR count). The van der Waals surface area contributed by atoms with Crippen molar-refractivity contribution >= 4 is 29.1 Å². The highest BCUT2D eigenvalue weighted by Crippen LogP contribution is 2.32. The van der Waals surface area contributed by atoms with E-state index in [0.717, 1.165) is 37.9 Å². The van der Waals surface area contributed by atoms with Gasteiger partial charge in [0.25, 0.3) is 0 Å². The van der Waals surface area contributed by atoms with Gasteiger partial charge in [0.05, 0.1) is 10.0 Å². The molecule has 1 amide bonds. The van der Waals surface area contributed by atoms with Crippen molar-refractivity contribution in [3.8, 4) is 0 Å². The molecule has 1 aromatic carbocycles. The topological polar surface area (TPSA) is 56.4 Å². The molecule has 2 heterocycles. The van der Waals surface area contributed by atoms with Crippen molar-refractivity contribution in [2.75, 3.05) is 13.1 Å². The van der Waals surface area contributed by atoms with Crippen molar-refractivity contribution in [1.82, 2.24) is 21.1 Å². The second kappa shape index (κ2) is 6.81. The normalized spacial score (nSPS) is 29.3. The first-order valence-electron chi connectivity index (χ1n) is 8.59. The van der Waals surface area contributed by atoms with E-state index in [4.69, 9.17) is 23.2 Å². The average Bonchev–Trinajstić information content (AvgIpc) is 3.33. The molecule has 3 N–H and O–H groups in total. The van der Waals surface area contributed by atoms with Crippen LogP contribution in [0.4, 0.5) is 0 Å². The fourth-order valence-electron chi connectivity index (χ4n) is 3.75. The molecular weight excluding hydrogens is 347 g/mol. The van der Waals surface area contributed by atoms with E-state index in [2.05, 4.69) is 16.2 Å². The number of carbonyl (C=O) groups excluding carboxylic acids is 1. The van der Waals surface area contributed by atoms with Gasteiger partial charge in [-0.3, -0.25) is 10.2 Å². The first-order chi connectivity index (χ1) is 11.6. The summed E-state index contributed by atoms with van der Waals surface area (Å²) < 4.78 is 0. The van der Waals surface area contributed by atoms with Gasteiger partial charge >= 0.3 is 0 Å². The first-order valence-corrected chi connectivity index (χ1v) is 9.35. The molecule has 0 spiro atoms. The van der Waals surface area contributed by atoms with Gasteiger partial charge < -0.3 is 10.2 Å². The van der Waals surface area contributed by atoms with Gasteiger partial charge in [-0.05, 0) is 43.5 Å². The Morgan fingerprint density at radius 2 is 2.00 bits per heavy atom. The molecule has 7 heteroatoms. The highest BCUT2D eigenvalue weighted by Gasteiger charge is 2.45. The largest absolute Gasteiger partial charge is 0.334 e. The van der Waals surface area contributed by atoms with Crippen LogP contribution in [0.5, 0.6) is 0 Å². The Morgan fingerprint density at radius 1 is 1.17 bits per heavy atom. The van der Waals surface area contributed by atoms with E-state index in [1.54, 1.807) is 6.07 Å². The van der Waals surface area contributed by atoms with Crippen LogP contribution in [0.1, 0.15) is 24.8 Å². The Hall–Kier alpha value is -0.850. The maximum absolute atomic E-state index is 13.2. The third-order valence-corrected chi connectivity index (χ3v) is 5.99. The summed E-state index contributed by atoms with van der Waals surface area (Å²) in [5, 5.41) is 4.49. The number of carbonyl (C=O) groups is 1. The minimum absolute atomic E-state index is 0.161. The van der Waals surface area contributed by atoms with Crippen LogP contribution in [0.3, 0.4) is 0 Å². The summed E-state index contributed by atoms with van der Waals surface area (Å²) in [5.74, 6) is 0.494. The third kappa shape index (κ3) is 3.28. The van der Waals surface area contributed by atoms with Crippen LogP contribution in [0.15, 0.2) is 18.2 Å². The molecule has 24 heavy (non-hydrogen) atoms.